The van der Waals surface area contributed by atoms with Crippen molar-refractivity contribution in [2.45, 2.75) is 84.7 Å². The minimum Gasteiger partial charge on any atom is -0.342 e. The lowest BCUT2D eigenvalue weighted by Crippen LogP contribution is -2.61. The molecule has 3 atom stereocenters. The molecule has 0 aliphatic carbocycles. The average molecular weight is 627 g/mol. The summed E-state index contributed by atoms with van der Waals surface area (Å²) in [6.07, 6.45) is 1.60. The fourth-order valence-corrected chi connectivity index (χ4v) is 6.36. The highest BCUT2D eigenvalue weighted by atomic mass is 32.2. The first-order chi connectivity index (χ1) is 20.3. The molecule has 0 aromatic heterocycles. The first-order valence-corrected chi connectivity index (χ1v) is 16.5. The van der Waals surface area contributed by atoms with Crippen LogP contribution >= 0.6 is 0 Å². The van der Waals surface area contributed by atoms with Crippen LogP contribution < -0.4 is 15.4 Å². The Kier molecular flexibility index (Phi) is 12.5. The Bertz CT molecular complexity index is 1410. The molecule has 0 heterocycles. The van der Waals surface area contributed by atoms with Gasteiger partial charge in [-0.1, -0.05) is 115 Å². The molecular formula is C34H50N4O5S. The van der Waals surface area contributed by atoms with E-state index in [9.17, 15) is 22.8 Å². The van der Waals surface area contributed by atoms with Crippen LogP contribution in [0, 0.1) is 11.3 Å². The standard InChI is InChI=1S/C34H50N4O5S/c1-23(2)27(21-24(3)30(39)37-44(42,43)22-25-17-13-11-14-18-25)38(10)32(41)29(33(4,5)6)36-31(40)28(35-9)34(7,8)26-19-15-12-16-20-26/h11-21,23,27-29,35H,22H2,1-10H3,(H,36,40)(H,37,39)/b24-21+/t27-,28-,29-/m1/s1. The Balaban J connectivity index is 2.29. The number of nitrogens with one attached hydrogen (secondary N) is 3. The van der Waals surface area contributed by atoms with Crippen LogP contribution in [-0.4, -0.2) is 63.3 Å². The number of carbonyl (C=O) groups is 3. The fourth-order valence-electron chi connectivity index (χ4n) is 5.21. The van der Waals surface area contributed by atoms with Gasteiger partial charge in [0.05, 0.1) is 17.8 Å². The summed E-state index contributed by atoms with van der Waals surface area (Å²) in [7, 11) is -0.576. The Morgan fingerprint density at radius 3 is 1.89 bits per heavy atom. The van der Waals surface area contributed by atoms with Crippen molar-refractivity contribution in [1.29, 1.82) is 0 Å². The van der Waals surface area contributed by atoms with Gasteiger partial charge in [-0.3, -0.25) is 14.4 Å². The number of amides is 3. The number of likely N-dealkylation sites (N-methyl/N-ethyl adjacent to an activating group) is 2. The highest BCUT2D eigenvalue weighted by Gasteiger charge is 2.41. The number of sulfonamides is 1. The van der Waals surface area contributed by atoms with E-state index >= 15 is 0 Å². The maximum atomic E-state index is 14.1. The molecule has 2 aromatic carbocycles. The van der Waals surface area contributed by atoms with Gasteiger partial charge in [0, 0.05) is 18.0 Å². The van der Waals surface area contributed by atoms with E-state index in [-0.39, 0.29) is 29.1 Å². The van der Waals surface area contributed by atoms with Crippen molar-refractivity contribution < 1.29 is 22.8 Å². The SMILES string of the molecule is CN[C@H](C(=O)N[C@H](C(=O)N(C)[C@H](/C=C(\C)C(=O)NS(=O)(=O)Cc1ccccc1)C(C)C)C(C)(C)C)C(C)(C)c1ccccc1. The Morgan fingerprint density at radius 2 is 1.41 bits per heavy atom. The lowest BCUT2D eigenvalue weighted by molar-refractivity contribution is -0.140. The summed E-state index contributed by atoms with van der Waals surface area (Å²) in [4.78, 5) is 42.2. The van der Waals surface area contributed by atoms with Gasteiger partial charge in [0.15, 0.2) is 0 Å². The van der Waals surface area contributed by atoms with Gasteiger partial charge in [-0.25, -0.2) is 13.1 Å². The number of rotatable bonds is 13. The topological polar surface area (TPSA) is 125 Å². The van der Waals surface area contributed by atoms with Crippen LogP contribution in [0.1, 0.15) is 66.5 Å². The van der Waals surface area contributed by atoms with Gasteiger partial charge >= 0.3 is 0 Å². The Morgan fingerprint density at radius 1 is 0.886 bits per heavy atom. The van der Waals surface area contributed by atoms with Crippen LogP contribution in [0.3, 0.4) is 0 Å². The molecule has 0 fully saturated rings. The van der Waals surface area contributed by atoms with E-state index in [1.165, 1.54) is 11.8 Å². The van der Waals surface area contributed by atoms with Gasteiger partial charge in [0.1, 0.15) is 6.04 Å². The molecule has 0 saturated carbocycles. The molecule has 44 heavy (non-hydrogen) atoms. The third-order valence-electron chi connectivity index (χ3n) is 7.89. The molecule has 3 amide bonds. The molecule has 0 unspecified atom stereocenters. The largest absolute Gasteiger partial charge is 0.342 e. The third kappa shape index (κ3) is 9.75. The van der Waals surface area contributed by atoms with Crippen molar-refractivity contribution in [1.82, 2.24) is 20.3 Å². The summed E-state index contributed by atoms with van der Waals surface area (Å²) in [6, 6.07) is 16.3. The van der Waals surface area contributed by atoms with Crippen LogP contribution in [0.5, 0.6) is 0 Å². The van der Waals surface area contributed by atoms with Gasteiger partial charge in [-0.2, -0.15) is 0 Å². The number of hydrogen-bond acceptors (Lipinski definition) is 6. The highest BCUT2D eigenvalue weighted by Crippen LogP contribution is 2.29. The third-order valence-corrected chi connectivity index (χ3v) is 9.10. The second-order valence-electron chi connectivity index (χ2n) is 13.3. The minimum absolute atomic E-state index is 0.119. The number of nitrogens with zero attached hydrogens (tertiary/aromatic N) is 1. The number of carbonyl (C=O) groups excluding carboxylic acids is 3. The molecular weight excluding hydrogens is 576 g/mol. The Hall–Kier alpha value is -3.50. The van der Waals surface area contributed by atoms with E-state index < -0.39 is 44.9 Å². The highest BCUT2D eigenvalue weighted by molar-refractivity contribution is 7.89. The van der Waals surface area contributed by atoms with E-state index in [1.807, 2.05) is 78.8 Å². The molecule has 2 rings (SSSR count). The van der Waals surface area contributed by atoms with Gasteiger partial charge < -0.3 is 15.5 Å². The van der Waals surface area contributed by atoms with Crippen LogP contribution in [0.2, 0.25) is 0 Å². The van der Waals surface area contributed by atoms with Crippen LogP contribution in [-0.2, 0) is 35.6 Å². The molecule has 0 radical (unpaired) electrons. The summed E-state index contributed by atoms with van der Waals surface area (Å²) in [5, 5.41) is 6.16. The van der Waals surface area contributed by atoms with E-state index in [0.717, 1.165) is 5.56 Å². The van der Waals surface area contributed by atoms with E-state index in [2.05, 4.69) is 15.4 Å². The molecule has 0 aliphatic heterocycles. The molecule has 0 saturated heterocycles. The molecule has 0 spiro atoms. The van der Waals surface area contributed by atoms with Crippen molar-refractivity contribution in [3.63, 3.8) is 0 Å². The van der Waals surface area contributed by atoms with Crippen molar-refractivity contribution in [3.8, 4) is 0 Å². The zero-order chi connectivity index (χ0) is 33.5. The maximum Gasteiger partial charge on any atom is 0.260 e. The summed E-state index contributed by atoms with van der Waals surface area (Å²) < 4.78 is 27.4. The van der Waals surface area contributed by atoms with E-state index in [0.29, 0.717) is 5.56 Å². The summed E-state index contributed by atoms with van der Waals surface area (Å²) >= 11 is 0. The average Bonchev–Trinajstić information content (AvgIpc) is 2.93. The van der Waals surface area contributed by atoms with Crippen molar-refractivity contribution in [2.75, 3.05) is 14.1 Å². The smallest absolute Gasteiger partial charge is 0.260 e. The van der Waals surface area contributed by atoms with Crippen molar-refractivity contribution >= 4 is 27.7 Å². The van der Waals surface area contributed by atoms with Crippen molar-refractivity contribution in [3.05, 3.63) is 83.4 Å². The summed E-state index contributed by atoms with van der Waals surface area (Å²) in [5.74, 6) is -1.84. The van der Waals surface area contributed by atoms with E-state index in [4.69, 9.17) is 0 Å². The maximum absolute atomic E-state index is 14.1. The fraction of sp³-hybridized carbons (Fsp3) is 0.500. The number of hydrogen-bond donors (Lipinski definition) is 3. The zero-order valence-corrected chi connectivity index (χ0v) is 28.6. The molecule has 10 heteroatoms. The Labute approximate surface area is 263 Å². The van der Waals surface area contributed by atoms with Gasteiger partial charge in [0.2, 0.25) is 21.8 Å². The normalized spacial score (nSPS) is 14.8. The second kappa shape index (κ2) is 15.0. The summed E-state index contributed by atoms with van der Waals surface area (Å²) in [6.45, 7) is 15.0. The monoisotopic (exact) mass is 626 g/mol. The van der Waals surface area contributed by atoms with Crippen molar-refractivity contribution in [2.24, 2.45) is 11.3 Å². The van der Waals surface area contributed by atoms with Gasteiger partial charge in [-0.05, 0) is 36.4 Å². The van der Waals surface area contributed by atoms with E-state index in [1.54, 1.807) is 50.5 Å². The molecule has 2 aromatic rings. The number of benzene rings is 2. The first-order valence-electron chi connectivity index (χ1n) is 14.9. The molecule has 9 nitrogen and oxygen atoms in total. The second-order valence-corrected chi connectivity index (χ2v) is 15.0. The molecule has 3 N–H and O–H groups in total. The lowest BCUT2D eigenvalue weighted by Gasteiger charge is -2.40. The first kappa shape index (κ1) is 36.7. The quantitative estimate of drug-likeness (QED) is 0.287. The predicted octanol–water partition coefficient (Wildman–Crippen LogP) is 4.16. The van der Waals surface area contributed by atoms with Gasteiger partial charge in [-0.15, -0.1) is 0 Å². The molecule has 0 aliphatic rings. The minimum atomic E-state index is -3.94. The lowest BCUT2D eigenvalue weighted by atomic mass is 9.76. The molecule has 0 bridgehead atoms. The van der Waals surface area contributed by atoms with Gasteiger partial charge in [0.25, 0.3) is 5.91 Å². The van der Waals surface area contributed by atoms with Crippen LogP contribution in [0.25, 0.3) is 0 Å². The zero-order valence-electron chi connectivity index (χ0n) is 27.8. The summed E-state index contributed by atoms with van der Waals surface area (Å²) in [5.41, 5.74) is 0.486. The predicted molar refractivity (Wildman–Crippen MR) is 176 cm³/mol. The molecule has 242 valence electrons. The van der Waals surface area contributed by atoms with Crippen LogP contribution in [0.15, 0.2) is 72.3 Å². The van der Waals surface area contributed by atoms with Crippen LogP contribution in [0.4, 0.5) is 0 Å².